The minimum Gasteiger partial charge on any atom is -0.481 e. The fourth-order valence-corrected chi connectivity index (χ4v) is 5.46. The van der Waals surface area contributed by atoms with Crippen molar-refractivity contribution in [2.75, 3.05) is 7.05 Å². The van der Waals surface area contributed by atoms with Crippen LogP contribution in [0.3, 0.4) is 0 Å². The molecule has 0 unspecified atom stereocenters. The Hall–Kier alpha value is -3.31. The number of sulfonamides is 1. The van der Waals surface area contributed by atoms with Gasteiger partial charge >= 0.3 is 5.97 Å². The van der Waals surface area contributed by atoms with Crippen LogP contribution >= 0.6 is 0 Å². The summed E-state index contributed by atoms with van der Waals surface area (Å²) in [6.45, 7) is 0. The zero-order valence-corrected chi connectivity index (χ0v) is 18.2. The molecule has 2 N–H and O–H groups in total. The van der Waals surface area contributed by atoms with Gasteiger partial charge in [-0.25, -0.2) is 18.1 Å². The number of nitrogens with one attached hydrogen (secondary N) is 1. The molecule has 11 heteroatoms. The van der Waals surface area contributed by atoms with Crippen molar-refractivity contribution in [3.05, 3.63) is 70.5 Å². The maximum Gasteiger partial charge on any atom is 0.308 e. The summed E-state index contributed by atoms with van der Waals surface area (Å²) < 4.78 is 28.4. The van der Waals surface area contributed by atoms with Gasteiger partial charge in [0.1, 0.15) is 4.90 Å². The van der Waals surface area contributed by atoms with Gasteiger partial charge in [0.15, 0.2) is 5.82 Å². The van der Waals surface area contributed by atoms with Gasteiger partial charge in [-0.3, -0.25) is 19.7 Å². The number of hydrogen-bond acceptors (Lipinski definition) is 6. The second-order valence-electron chi connectivity index (χ2n) is 7.79. The molecular formula is C21H23N5O5S. The topological polar surface area (TPSA) is 138 Å². The van der Waals surface area contributed by atoms with Crippen molar-refractivity contribution in [1.82, 2.24) is 24.1 Å². The van der Waals surface area contributed by atoms with Gasteiger partial charge in [-0.2, -0.15) is 4.31 Å². The third-order valence-electron chi connectivity index (χ3n) is 5.85. The number of pyridine rings is 2. The third kappa shape index (κ3) is 4.08. The van der Waals surface area contributed by atoms with Gasteiger partial charge in [0.2, 0.25) is 10.0 Å². The molecule has 0 radical (unpaired) electrons. The largest absolute Gasteiger partial charge is 0.481 e. The number of H-pyrrole nitrogens is 1. The SMILES string of the molecule is CN([C@@H]1CCC[C@@H]1C(=O)O)S(=O)(=O)c1ccc(-n2[nH]cc(Cc3cccnc3)c2=O)nc1. The van der Waals surface area contributed by atoms with E-state index in [1.165, 1.54) is 30.1 Å². The molecule has 0 amide bonds. The van der Waals surface area contributed by atoms with Gasteiger partial charge in [0, 0.05) is 49.9 Å². The molecule has 3 aromatic rings. The molecule has 0 aromatic carbocycles. The minimum absolute atomic E-state index is 0.0602. The van der Waals surface area contributed by atoms with Crippen molar-refractivity contribution in [2.24, 2.45) is 5.92 Å². The Labute approximate surface area is 184 Å². The third-order valence-corrected chi connectivity index (χ3v) is 7.72. The summed E-state index contributed by atoms with van der Waals surface area (Å²) in [7, 11) is -2.53. The molecule has 3 aromatic heterocycles. The van der Waals surface area contributed by atoms with Gasteiger partial charge in [-0.15, -0.1) is 0 Å². The molecule has 1 fully saturated rings. The van der Waals surface area contributed by atoms with Crippen LogP contribution in [0.4, 0.5) is 0 Å². The standard InChI is InChI=1S/C21H23N5O5S/c1-25(18-6-2-5-17(18)21(28)29)32(30,31)16-7-8-19(23-13-16)26-20(27)15(12-24-26)10-14-4-3-9-22-11-14/h3-4,7-9,11-13,17-18,24H,2,5-6,10H2,1H3,(H,28,29)/t17-,18+/m0/s1. The van der Waals surface area contributed by atoms with Crippen LogP contribution in [-0.2, 0) is 21.2 Å². The fraction of sp³-hybridized carbons (Fsp3) is 0.333. The first kappa shape index (κ1) is 21.9. The second-order valence-corrected chi connectivity index (χ2v) is 9.79. The van der Waals surface area contributed by atoms with Gasteiger partial charge in [-0.1, -0.05) is 12.5 Å². The monoisotopic (exact) mass is 457 g/mol. The maximum absolute atomic E-state index is 13.0. The average Bonchev–Trinajstić information content (AvgIpc) is 3.42. The number of rotatable bonds is 7. The van der Waals surface area contributed by atoms with E-state index in [-0.39, 0.29) is 16.3 Å². The Bertz CT molecular complexity index is 1270. The first-order chi connectivity index (χ1) is 15.3. The second kappa shape index (κ2) is 8.67. The van der Waals surface area contributed by atoms with Crippen molar-refractivity contribution in [3.8, 4) is 5.82 Å². The van der Waals surface area contributed by atoms with Crippen molar-refractivity contribution >= 4 is 16.0 Å². The van der Waals surface area contributed by atoms with E-state index in [4.69, 9.17) is 0 Å². The number of nitrogens with zero attached hydrogens (tertiary/aromatic N) is 4. The first-order valence-corrected chi connectivity index (χ1v) is 11.6. The van der Waals surface area contributed by atoms with E-state index in [0.29, 0.717) is 31.2 Å². The van der Waals surface area contributed by atoms with Crippen molar-refractivity contribution in [2.45, 2.75) is 36.6 Å². The summed E-state index contributed by atoms with van der Waals surface area (Å²) in [5, 5.41) is 12.2. The Morgan fingerprint density at radius 1 is 1.28 bits per heavy atom. The van der Waals surface area contributed by atoms with Crippen LogP contribution in [0.15, 0.2) is 58.7 Å². The molecule has 4 rings (SSSR count). The normalized spacial score (nSPS) is 18.8. The first-order valence-electron chi connectivity index (χ1n) is 10.1. The lowest BCUT2D eigenvalue weighted by Gasteiger charge is -2.26. The molecule has 2 atom stereocenters. The van der Waals surface area contributed by atoms with E-state index in [9.17, 15) is 23.1 Å². The van der Waals surface area contributed by atoms with Crippen molar-refractivity contribution < 1.29 is 18.3 Å². The van der Waals surface area contributed by atoms with Crippen LogP contribution in [0.1, 0.15) is 30.4 Å². The van der Waals surface area contributed by atoms with Gasteiger partial charge in [-0.05, 0) is 36.6 Å². The van der Waals surface area contributed by atoms with E-state index < -0.39 is 28.0 Å². The Morgan fingerprint density at radius 2 is 2.09 bits per heavy atom. The van der Waals surface area contributed by atoms with Crippen LogP contribution in [0.25, 0.3) is 5.82 Å². The molecule has 10 nitrogen and oxygen atoms in total. The van der Waals surface area contributed by atoms with Gasteiger partial charge in [0.25, 0.3) is 5.56 Å². The highest BCUT2D eigenvalue weighted by atomic mass is 32.2. The number of aliphatic carboxylic acids is 1. The molecule has 0 spiro atoms. The molecule has 0 saturated heterocycles. The van der Waals surface area contributed by atoms with Crippen LogP contribution < -0.4 is 5.56 Å². The highest BCUT2D eigenvalue weighted by Gasteiger charge is 2.40. The Balaban J connectivity index is 1.56. The molecular weight excluding hydrogens is 434 g/mol. The van der Waals surface area contributed by atoms with E-state index in [1.54, 1.807) is 24.7 Å². The predicted molar refractivity (Wildman–Crippen MR) is 115 cm³/mol. The van der Waals surface area contributed by atoms with Crippen LogP contribution in [-0.4, -0.2) is 56.6 Å². The van der Waals surface area contributed by atoms with Crippen LogP contribution in [0.5, 0.6) is 0 Å². The molecule has 3 heterocycles. The molecule has 1 aliphatic carbocycles. The minimum atomic E-state index is -3.93. The molecule has 168 valence electrons. The number of aromatic amines is 1. The smallest absolute Gasteiger partial charge is 0.308 e. The Morgan fingerprint density at radius 3 is 2.75 bits per heavy atom. The van der Waals surface area contributed by atoms with E-state index in [0.717, 1.165) is 9.87 Å². The number of hydrogen-bond donors (Lipinski definition) is 2. The molecule has 1 aliphatic rings. The molecule has 0 aliphatic heterocycles. The summed E-state index contributed by atoms with van der Waals surface area (Å²) in [6, 6.07) is 5.88. The van der Waals surface area contributed by atoms with Crippen molar-refractivity contribution in [1.29, 1.82) is 0 Å². The number of carboxylic acids is 1. The molecule has 0 bridgehead atoms. The lowest BCUT2D eigenvalue weighted by atomic mass is 10.0. The van der Waals surface area contributed by atoms with E-state index >= 15 is 0 Å². The van der Waals surface area contributed by atoms with E-state index in [2.05, 4.69) is 15.1 Å². The zero-order chi connectivity index (χ0) is 22.9. The highest BCUT2D eigenvalue weighted by Crippen LogP contribution is 2.32. The lowest BCUT2D eigenvalue weighted by Crippen LogP contribution is -2.41. The van der Waals surface area contributed by atoms with Gasteiger partial charge in [0.05, 0.1) is 5.92 Å². The summed E-state index contributed by atoms with van der Waals surface area (Å²) in [5.74, 6) is -1.47. The van der Waals surface area contributed by atoms with Crippen molar-refractivity contribution in [3.63, 3.8) is 0 Å². The fourth-order valence-electron chi connectivity index (χ4n) is 4.09. The Kier molecular flexibility index (Phi) is 5.94. The van der Waals surface area contributed by atoms with E-state index in [1.807, 2.05) is 6.07 Å². The summed E-state index contributed by atoms with van der Waals surface area (Å²) in [4.78, 5) is 32.3. The average molecular weight is 458 g/mol. The van der Waals surface area contributed by atoms with Gasteiger partial charge < -0.3 is 5.11 Å². The zero-order valence-electron chi connectivity index (χ0n) is 17.4. The van der Waals surface area contributed by atoms with Crippen LogP contribution in [0.2, 0.25) is 0 Å². The lowest BCUT2D eigenvalue weighted by molar-refractivity contribution is -0.142. The summed E-state index contributed by atoms with van der Waals surface area (Å²) >= 11 is 0. The van der Waals surface area contributed by atoms with Crippen LogP contribution in [0, 0.1) is 5.92 Å². The molecule has 1 saturated carbocycles. The summed E-state index contributed by atoms with van der Waals surface area (Å²) in [5.41, 5.74) is 1.13. The highest BCUT2D eigenvalue weighted by molar-refractivity contribution is 7.89. The number of carbonyl (C=O) groups is 1. The maximum atomic E-state index is 13.0. The quantitative estimate of drug-likeness (QED) is 0.547. The predicted octanol–water partition coefficient (Wildman–Crippen LogP) is 1.42. The summed E-state index contributed by atoms with van der Waals surface area (Å²) in [6.07, 6.45) is 8.12. The number of aromatic nitrogens is 4. The molecule has 32 heavy (non-hydrogen) atoms. The number of carboxylic acid groups (broad SMARTS) is 1.